The Morgan fingerprint density at radius 1 is 1.10 bits per heavy atom. The number of hydrogen-bond acceptors (Lipinski definition) is 2. The Labute approximate surface area is 123 Å². The number of nitrogens with zero attached hydrogens (tertiary/aromatic N) is 1. The molecule has 2 rings (SSSR count). The molecule has 0 amide bonds. The first kappa shape index (κ1) is 15.1. The van der Waals surface area contributed by atoms with E-state index in [2.05, 4.69) is 32.9 Å². The van der Waals surface area contributed by atoms with Gasteiger partial charge in [-0.1, -0.05) is 39.5 Å². The molecule has 0 saturated carbocycles. The number of ether oxygens (including phenoxy) is 1. The lowest BCUT2D eigenvalue weighted by atomic mass is 9.71. The van der Waals surface area contributed by atoms with Crippen LogP contribution in [0.1, 0.15) is 64.9 Å². The predicted octanol–water partition coefficient (Wildman–Crippen LogP) is 5.42. The van der Waals surface area contributed by atoms with Gasteiger partial charge in [-0.3, -0.25) is 4.99 Å². The third kappa shape index (κ3) is 2.61. The Hall–Kier alpha value is -1.31. The third-order valence-corrected chi connectivity index (χ3v) is 4.61. The molecule has 0 unspecified atom stereocenters. The molecule has 0 bridgehead atoms. The van der Waals surface area contributed by atoms with Crippen molar-refractivity contribution in [2.75, 3.05) is 7.11 Å². The molecule has 110 valence electrons. The largest absolute Gasteiger partial charge is 0.497 e. The van der Waals surface area contributed by atoms with Gasteiger partial charge in [0.05, 0.1) is 12.8 Å². The first-order valence-electron chi connectivity index (χ1n) is 7.92. The van der Waals surface area contributed by atoms with Crippen LogP contribution in [0.25, 0.3) is 0 Å². The van der Waals surface area contributed by atoms with Crippen molar-refractivity contribution in [3.05, 3.63) is 23.8 Å². The summed E-state index contributed by atoms with van der Waals surface area (Å²) in [5, 5.41) is 0. The molecule has 2 heteroatoms. The topological polar surface area (TPSA) is 21.6 Å². The van der Waals surface area contributed by atoms with E-state index in [4.69, 9.17) is 9.73 Å². The molecule has 1 heterocycles. The molecule has 0 radical (unpaired) electrons. The summed E-state index contributed by atoms with van der Waals surface area (Å²) in [5.74, 6) is 0.950. The van der Waals surface area contributed by atoms with Crippen molar-refractivity contribution < 1.29 is 4.74 Å². The maximum Gasteiger partial charge on any atom is 0.119 e. The zero-order valence-corrected chi connectivity index (χ0v) is 13.3. The van der Waals surface area contributed by atoms with E-state index in [1.54, 1.807) is 7.11 Å². The number of aliphatic imine (C=N–C) groups is 1. The molecular formula is C18H27NO. The van der Waals surface area contributed by atoms with Gasteiger partial charge in [0.2, 0.25) is 0 Å². The van der Waals surface area contributed by atoms with Crippen molar-refractivity contribution >= 4 is 11.4 Å². The van der Waals surface area contributed by atoms with Crippen LogP contribution >= 0.6 is 0 Å². The van der Waals surface area contributed by atoms with Crippen LogP contribution < -0.4 is 4.74 Å². The lowest BCUT2D eigenvalue weighted by Gasteiger charge is -2.31. The van der Waals surface area contributed by atoms with E-state index >= 15 is 0 Å². The fourth-order valence-electron chi connectivity index (χ4n) is 3.32. The molecule has 1 aromatic rings. The van der Waals surface area contributed by atoms with Crippen molar-refractivity contribution in [2.45, 2.75) is 64.7 Å². The third-order valence-electron chi connectivity index (χ3n) is 4.61. The van der Waals surface area contributed by atoms with Crippen molar-refractivity contribution in [1.29, 1.82) is 0 Å². The van der Waals surface area contributed by atoms with Gasteiger partial charge in [-0.15, -0.1) is 0 Å². The van der Waals surface area contributed by atoms with Crippen LogP contribution in [0, 0.1) is 0 Å². The molecule has 0 fully saturated rings. The molecule has 2 nitrogen and oxygen atoms in total. The number of benzene rings is 1. The molecule has 1 aliphatic heterocycles. The van der Waals surface area contributed by atoms with Crippen LogP contribution in [-0.4, -0.2) is 12.8 Å². The summed E-state index contributed by atoms with van der Waals surface area (Å²) in [6.45, 7) is 6.74. The zero-order valence-electron chi connectivity index (χ0n) is 13.3. The van der Waals surface area contributed by atoms with Crippen LogP contribution in [0.2, 0.25) is 0 Å². The molecular weight excluding hydrogens is 246 g/mol. The fourth-order valence-corrected chi connectivity index (χ4v) is 3.32. The van der Waals surface area contributed by atoms with Gasteiger partial charge in [-0.25, -0.2) is 0 Å². The Morgan fingerprint density at radius 3 is 2.30 bits per heavy atom. The first-order chi connectivity index (χ1) is 9.67. The maximum atomic E-state index is 5.43. The van der Waals surface area contributed by atoms with Crippen molar-refractivity contribution in [3.8, 4) is 5.75 Å². The highest BCUT2D eigenvalue weighted by Gasteiger charge is 2.40. The minimum atomic E-state index is 0.149. The van der Waals surface area contributed by atoms with E-state index in [0.29, 0.717) is 0 Å². The smallest absolute Gasteiger partial charge is 0.119 e. The molecule has 0 spiro atoms. The van der Waals surface area contributed by atoms with Gasteiger partial charge < -0.3 is 4.74 Å². The van der Waals surface area contributed by atoms with Gasteiger partial charge in [0, 0.05) is 11.1 Å². The van der Waals surface area contributed by atoms with Gasteiger partial charge in [0.25, 0.3) is 0 Å². The number of hydrogen-bond donors (Lipinski definition) is 0. The summed E-state index contributed by atoms with van der Waals surface area (Å²) in [7, 11) is 1.74. The fraction of sp³-hybridized carbons (Fsp3) is 0.611. The summed E-state index contributed by atoms with van der Waals surface area (Å²) in [6, 6.07) is 6.34. The summed E-state index contributed by atoms with van der Waals surface area (Å²) in [6.07, 6.45) is 7.40. The average molecular weight is 273 g/mol. The lowest BCUT2D eigenvalue weighted by molar-refractivity contribution is 0.410. The quantitative estimate of drug-likeness (QED) is 0.650. The van der Waals surface area contributed by atoms with E-state index in [9.17, 15) is 0 Å². The molecule has 0 aromatic heterocycles. The Balaban J connectivity index is 2.42. The minimum Gasteiger partial charge on any atom is -0.497 e. The number of rotatable bonds is 7. The molecule has 0 saturated heterocycles. The summed E-state index contributed by atoms with van der Waals surface area (Å²) in [5.41, 5.74) is 3.98. The Kier molecular flexibility index (Phi) is 4.85. The van der Waals surface area contributed by atoms with Crippen LogP contribution in [0.3, 0.4) is 0 Å². The van der Waals surface area contributed by atoms with Crippen LogP contribution in [-0.2, 0) is 5.41 Å². The normalized spacial score (nSPS) is 15.9. The van der Waals surface area contributed by atoms with Crippen molar-refractivity contribution in [3.63, 3.8) is 0 Å². The Morgan fingerprint density at radius 2 is 1.75 bits per heavy atom. The second kappa shape index (κ2) is 6.43. The van der Waals surface area contributed by atoms with Gasteiger partial charge >= 0.3 is 0 Å². The lowest BCUT2D eigenvalue weighted by Crippen LogP contribution is -2.31. The second-order valence-electron chi connectivity index (χ2n) is 5.87. The van der Waals surface area contributed by atoms with E-state index in [1.807, 2.05) is 6.07 Å². The van der Waals surface area contributed by atoms with E-state index in [-0.39, 0.29) is 5.41 Å². The molecule has 0 N–H and O–H groups in total. The first-order valence-corrected chi connectivity index (χ1v) is 7.92. The number of fused-ring (bicyclic) bond motifs is 1. The van der Waals surface area contributed by atoms with E-state index < -0.39 is 0 Å². The van der Waals surface area contributed by atoms with Gasteiger partial charge in [-0.2, -0.15) is 0 Å². The number of methoxy groups -OCH3 is 1. The van der Waals surface area contributed by atoms with E-state index in [0.717, 1.165) is 11.4 Å². The zero-order chi connectivity index (χ0) is 14.6. The van der Waals surface area contributed by atoms with Crippen LogP contribution in [0.4, 0.5) is 5.69 Å². The van der Waals surface area contributed by atoms with E-state index in [1.165, 1.54) is 49.8 Å². The highest BCUT2D eigenvalue weighted by Crippen LogP contribution is 2.47. The van der Waals surface area contributed by atoms with Crippen molar-refractivity contribution in [1.82, 2.24) is 0 Å². The summed E-state index contributed by atoms with van der Waals surface area (Å²) in [4.78, 5) is 4.85. The minimum absolute atomic E-state index is 0.149. The van der Waals surface area contributed by atoms with Gasteiger partial charge in [0.15, 0.2) is 0 Å². The molecule has 1 aromatic carbocycles. The average Bonchev–Trinajstić information content (AvgIpc) is 2.74. The van der Waals surface area contributed by atoms with Crippen LogP contribution in [0.15, 0.2) is 23.2 Å². The standard InChI is InChI=1S/C18H27NO/c1-5-7-11-18(12-8-6-2)14(3)19-17-10-9-15(20-4)13-16(17)18/h9-10,13H,5-8,11-12H2,1-4H3. The molecule has 0 aliphatic carbocycles. The molecule has 1 aliphatic rings. The SMILES string of the molecule is CCCCC1(CCCC)C(C)=Nc2ccc(OC)cc21. The van der Waals surface area contributed by atoms with Crippen molar-refractivity contribution in [2.24, 2.45) is 4.99 Å². The summed E-state index contributed by atoms with van der Waals surface area (Å²) < 4.78 is 5.43. The molecule has 0 atom stereocenters. The monoisotopic (exact) mass is 273 g/mol. The Bertz CT molecular complexity index is 482. The summed E-state index contributed by atoms with van der Waals surface area (Å²) >= 11 is 0. The van der Waals surface area contributed by atoms with Crippen LogP contribution in [0.5, 0.6) is 5.75 Å². The second-order valence-corrected chi connectivity index (χ2v) is 5.87. The molecule has 20 heavy (non-hydrogen) atoms. The predicted molar refractivity (Wildman–Crippen MR) is 86.5 cm³/mol. The maximum absolute atomic E-state index is 5.43. The number of unbranched alkanes of at least 4 members (excludes halogenated alkanes) is 2. The highest BCUT2D eigenvalue weighted by atomic mass is 16.5. The highest BCUT2D eigenvalue weighted by molar-refractivity contribution is 6.00. The van der Waals surface area contributed by atoms with Gasteiger partial charge in [-0.05, 0) is 43.5 Å². The van der Waals surface area contributed by atoms with Gasteiger partial charge in [0.1, 0.15) is 5.75 Å².